The van der Waals surface area contributed by atoms with E-state index in [4.69, 9.17) is 0 Å². The summed E-state index contributed by atoms with van der Waals surface area (Å²) in [5.74, 6) is 0. The molecule has 100 valence electrons. The zero-order valence-corrected chi connectivity index (χ0v) is 14.0. The summed E-state index contributed by atoms with van der Waals surface area (Å²) in [6, 6.07) is 11.9. The van der Waals surface area contributed by atoms with Crippen molar-refractivity contribution < 1.29 is 8.42 Å². The maximum atomic E-state index is 12.2. The summed E-state index contributed by atoms with van der Waals surface area (Å²) in [5.41, 5.74) is 1.51. The third kappa shape index (κ3) is 3.58. The Labute approximate surface area is 129 Å². The fourth-order valence-electron chi connectivity index (χ4n) is 1.56. The molecular weight excluding hydrogens is 394 g/mol. The second-order valence-corrected chi connectivity index (χ2v) is 7.48. The van der Waals surface area contributed by atoms with Crippen LogP contribution in [0.15, 0.2) is 56.3 Å². The van der Waals surface area contributed by atoms with E-state index in [-0.39, 0.29) is 4.90 Å². The molecule has 19 heavy (non-hydrogen) atoms. The van der Waals surface area contributed by atoms with Crippen molar-refractivity contribution in [3.63, 3.8) is 0 Å². The van der Waals surface area contributed by atoms with E-state index in [0.717, 1.165) is 14.5 Å². The Bertz CT molecular complexity index is 714. The van der Waals surface area contributed by atoms with Crippen LogP contribution < -0.4 is 4.72 Å². The first kappa shape index (κ1) is 14.6. The number of halogens is 2. The molecule has 0 heterocycles. The van der Waals surface area contributed by atoms with Gasteiger partial charge < -0.3 is 0 Å². The van der Waals surface area contributed by atoms with Crippen LogP contribution >= 0.6 is 31.9 Å². The van der Waals surface area contributed by atoms with Gasteiger partial charge in [-0.2, -0.15) is 0 Å². The van der Waals surface area contributed by atoms with E-state index in [0.29, 0.717) is 5.69 Å². The molecule has 0 fully saturated rings. The highest BCUT2D eigenvalue weighted by Gasteiger charge is 2.14. The number of aryl methyl sites for hydroxylation is 1. The average molecular weight is 405 g/mol. The minimum Gasteiger partial charge on any atom is -0.280 e. The summed E-state index contributed by atoms with van der Waals surface area (Å²) in [6.07, 6.45) is 0. The monoisotopic (exact) mass is 403 g/mol. The first-order chi connectivity index (χ1) is 8.88. The highest BCUT2D eigenvalue weighted by molar-refractivity contribution is 9.10. The Morgan fingerprint density at radius 3 is 2.42 bits per heavy atom. The molecule has 2 rings (SSSR count). The lowest BCUT2D eigenvalue weighted by Crippen LogP contribution is -2.12. The largest absolute Gasteiger partial charge is 0.280 e. The summed E-state index contributed by atoms with van der Waals surface area (Å²) in [4.78, 5) is 0.224. The normalized spacial score (nSPS) is 11.3. The number of benzene rings is 2. The number of sulfonamides is 1. The summed E-state index contributed by atoms with van der Waals surface area (Å²) in [7, 11) is -3.56. The van der Waals surface area contributed by atoms with Crippen molar-refractivity contribution in [2.75, 3.05) is 4.72 Å². The van der Waals surface area contributed by atoms with Crippen LogP contribution in [0.1, 0.15) is 5.56 Å². The van der Waals surface area contributed by atoms with Crippen LogP contribution in [0.2, 0.25) is 0 Å². The minimum atomic E-state index is -3.56. The zero-order chi connectivity index (χ0) is 14.0. The van der Waals surface area contributed by atoms with Gasteiger partial charge in [0.1, 0.15) is 0 Å². The molecule has 6 heteroatoms. The molecule has 0 amide bonds. The maximum Gasteiger partial charge on any atom is 0.261 e. The third-order valence-electron chi connectivity index (χ3n) is 2.52. The van der Waals surface area contributed by atoms with Crippen LogP contribution in [0.4, 0.5) is 5.69 Å². The standard InChI is InChI=1S/C13H11Br2NO2S/c1-9-7-11(5-6-13(9)15)16-19(17,18)12-4-2-3-10(14)8-12/h2-8,16H,1H3. The number of hydrogen-bond acceptors (Lipinski definition) is 2. The summed E-state index contributed by atoms with van der Waals surface area (Å²) < 4.78 is 28.6. The highest BCUT2D eigenvalue weighted by Crippen LogP contribution is 2.23. The lowest BCUT2D eigenvalue weighted by Gasteiger charge is -2.09. The SMILES string of the molecule is Cc1cc(NS(=O)(=O)c2cccc(Br)c2)ccc1Br. The molecule has 0 saturated carbocycles. The van der Waals surface area contributed by atoms with E-state index in [2.05, 4.69) is 36.6 Å². The van der Waals surface area contributed by atoms with E-state index in [1.165, 1.54) is 0 Å². The molecular formula is C13H11Br2NO2S. The molecule has 0 spiro atoms. The Kier molecular flexibility index (Phi) is 4.32. The van der Waals surface area contributed by atoms with E-state index >= 15 is 0 Å². The Morgan fingerprint density at radius 1 is 1.05 bits per heavy atom. The van der Waals surface area contributed by atoms with E-state index in [9.17, 15) is 8.42 Å². The predicted molar refractivity (Wildman–Crippen MR) is 83.8 cm³/mol. The van der Waals surface area contributed by atoms with Gasteiger partial charge in [-0.1, -0.05) is 37.9 Å². The van der Waals surface area contributed by atoms with Crippen LogP contribution in [0.3, 0.4) is 0 Å². The predicted octanol–water partition coefficient (Wildman–Crippen LogP) is 4.32. The minimum absolute atomic E-state index is 0.224. The molecule has 0 unspecified atom stereocenters. The Hall–Kier alpha value is -0.850. The number of anilines is 1. The molecule has 3 nitrogen and oxygen atoms in total. The molecule has 2 aromatic rings. The number of rotatable bonds is 3. The van der Waals surface area contributed by atoms with Crippen molar-refractivity contribution in [3.05, 3.63) is 57.0 Å². The van der Waals surface area contributed by atoms with Crippen LogP contribution in [-0.2, 0) is 10.0 Å². The summed E-state index contributed by atoms with van der Waals surface area (Å²) >= 11 is 6.64. The van der Waals surface area contributed by atoms with Gasteiger partial charge in [-0.3, -0.25) is 4.72 Å². The lowest BCUT2D eigenvalue weighted by molar-refractivity contribution is 0.601. The fourth-order valence-corrected chi connectivity index (χ4v) is 3.45. The van der Waals surface area contributed by atoms with Gasteiger partial charge in [-0.15, -0.1) is 0 Å². The van der Waals surface area contributed by atoms with E-state index < -0.39 is 10.0 Å². The van der Waals surface area contributed by atoms with Gasteiger partial charge >= 0.3 is 0 Å². The van der Waals surface area contributed by atoms with E-state index in [1.54, 1.807) is 36.4 Å². The quantitative estimate of drug-likeness (QED) is 0.827. The number of hydrogen-bond donors (Lipinski definition) is 1. The zero-order valence-electron chi connectivity index (χ0n) is 10.0. The van der Waals surface area contributed by atoms with E-state index in [1.807, 2.05) is 13.0 Å². The van der Waals surface area contributed by atoms with Crippen LogP contribution in [0.5, 0.6) is 0 Å². The van der Waals surface area contributed by atoms with Crippen LogP contribution in [0.25, 0.3) is 0 Å². The van der Waals surface area contributed by atoms with Gasteiger partial charge in [-0.25, -0.2) is 8.42 Å². The van der Waals surface area contributed by atoms with Gasteiger partial charge in [0.25, 0.3) is 10.0 Å². The molecule has 0 aliphatic carbocycles. The lowest BCUT2D eigenvalue weighted by atomic mass is 10.2. The molecule has 0 aromatic heterocycles. The second kappa shape index (κ2) is 5.64. The highest BCUT2D eigenvalue weighted by atomic mass is 79.9. The molecule has 0 bridgehead atoms. The van der Waals surface area contributed by atoms with Crippen molar-refractivity contribution in [2.24, 2.45) is 0 Å². The van der Waals surface area contributed by atoms with Gasteiger partial charge in [0, 0.05) is 14.6 Å². The molecule has 0 saturated heterocycles. The topological polar surface area (TPSA) is 46.2 Å². The molecule has 1 N–H and O–H groups in total. The van der Waals surface area contributed by atoms with Crippen molar-refractivity contribution in [3.8, 4) is 0 Å². The average Bonchev–Trinajstić information content (AvgIpc) is 2.33. The fraction of sp³-hybridized carbons (Fsp3) is 0.0769. The second-order valence-electron chi connectivity index (χ2n) is 4.03. The van der Waals surface area contributed by atoms with Crippen molar-refractivity contribution in [1.82, 2.24) is 0 Å². The Balaban J connectivity index is 2.33. The molecule has 0 atom stereocenters. The smallest absolute Gasteiger partial charge is 0.261 e. The first-order valence-corrected chi connectivity index (χ1v) is 8.50. The molecule has 0 aliphatic heterocycles. The summed E-state index contributed by atoms with van der Waals surface area (Å²) in [5, 5.41) is 0. The van der Waals surface area contributed by atoms with Gasteiger partial charge in [0.15, 0.2) is 0 Å². The van der Waals surface area contributed by atoms with Crippen LogP contribution in [0, 0.1) is 6.92 Å². The first-order valence-electron chi connectivity index (χ1n) is 5.43. The molecule has 0 radical (unpaired) electrons. The van der Waals surface area contributed by atoms with Gasteiger partial charge in [0.2, 0.25) is 0 Å². The summed E-state index contributed by atoms with van der Waals surface area (Å²) in [6.45, 7) is 1.90. The maximum absolute atomic E-state index is 12.2. The van der Waals surface area contributed by atoms with Gasteiger partial charge in [-0.05, 0) is 48.9 Å². The van der Waals surface area contributed by atoms with Crippen molar-refractivity contribution in [2.45, 2.75) is 11.8 Å². The third-order valence-corrected chi connectivity index (χ3v) is 5.28. The molecule has 2 aromatic carbocycles. The number of nitrogens with one attached hydrogen (secondary N) is 1. The molecule has 0 aliphatic rings. The van der Waals surface area contributed by atoms with Gasteiger partial charge in [0.05, 0.1) is 4.90 Å². The van der Waals surface area contributed by atoms with Crippen molar-refractivity contribution >= 4 is 47.6 Å². The van der Waals surface area contributed by atoms with Crippen molar-refractivity contribution in [1.29, 1.82) is 0 Å². The van der Waals surface area contributed by atoms with Crippen LogP contribution in [-0.4, -0.2) is 8.42 Å². The Morgan fingerprint density at radius 2 is 1.79 bits per heavy atom.